The summed E-state index contributed by atoms with van der Waals surface area (Å²) in [7, 11) is 3.34. The summed E-state index contributed by atoms with van der Waals surface area (Å²) in [5.74, 6) is 2.79. The van der Waals surface area contributed by atoms with E-state index in [0.717, 1.165) is 22.9 Å². The monoisotopic (exact) mass is 546 g/mol. The minimum atomic E-state index is -4.15. The second kappa shape index (κ2) is 12.7. The van der Waals surface area contributed by atoms with Crippen LogP contribution < -0.4 is 15.4 Å². The van der Waals surface area contributed by atoms with E-state index in [1.54, 1.807) is 25.9 Å². The number of guanidine groups is 1. The van der Waals surface area contributed by atoms with Crippen LogP contribution in [0, 0.1) is 5.92 Å². The van der Waals surface area contributed by atoms with E-state index in [0.29, 0.717) is 31.4 Å². The average Bonchev–Trinajstić information content (AvgIpc) is 3.08. The molecule has 2 unspecified atom stereocenters. The van der Waals surface area contributed by atoms with Gasteiger partial charge in [-0.05, 0) is 24.5 Å². The van der Waals surface area contributed by atoms with Gasteiger partial charge in [0.05, 0.1) is 13.7 Å². The molecule has 1 heterocycles. The van der Waals surface area contributed by atoms with Crippen LogP contribution in [0.5, 0.6) is 5.75 Å². The molecule has 0 saturated carbocycles. The minimum Gasteiger partial charge on any atom is -0.496 e. The van der Waals surface area contributed by atoms with Crippen LogP contribution >= 0.6 is 35.7 Å². The second-order valence-corrected chi connectivity index (χ2v) is 8.06. The summed E-state index contributed by atoms with van der Waals surface area (Å²) in [6, 6.07) is 7.90. The number of thioether (sulfide) groups is 1. The van der Waals surface area contributed by atoms with Crippen LogP contribution in [-0.4, -0.2) is 69.2 Å². The maximum atomic E-state index is 12.5. The Kier molecular flexibility index (Phi) is 11.5. The van der Waals surface area contributed by atoms with Crippen LogP contribution in [0.25, 0.3) is 0 Å². The van der Waals surface area contributed by atoms with Crippen molar-refractivity contribution >= 4 is 41.7 Å². The van der Waals surface area contributed by atoms with Crippen LogP contribution in [0.2, 0.25) is 0 Å². The van der Waals surface area contributed by atoms with Crippen LogP contribution in [0.4, 0.5) is 13.2 Å². The van der Waals surface area contributed by atoms with Gasteiger partial charge in [-0.25, -0.2) is 0 Å². The van der Waals surface area contributed by atoms with Crippen LogP contribution in [0.1, 0.15) is 13.3 Å². The van der Waals surface area contributed by atoms with E-state index in [2.05, 4.69) is 22.5 Å². The summed E-state index contributed by atoms with van der Waals surface area (Å²) in [5, 5.41) is 6.51. The molecule has 1 fully saturated rings. The number of nitrogens with one attached hydrogen (secondary N) is 2. The summed E-state index contributed by atoms with van der Waals surface area (Å²) in [5.41, 5.74) is 0. The van der Waals surface area contributed by atoms with E-state index in [4.69, 9.17) is 4.74 Å². The molecule has 2 N–H and O–H groups in total. The zero-order chi connectivity index (χ0) is 20.6. The zero-order valence-electron chi connectivity index (χ0n) is 17.0. The first-order valence-corrected chi connectivity index (χ1v) is 10.3. The Hall–Kier alpha value is -0.880. The molecule has 0 aromatic heterocycles. The number of benzene rings is 1. The molecule has 0 amide bonds. The number of aliphatic imine (C=N–C) groups is 1. The normalized spacial score (nSPS) is 18.8. The van der Waals surface area contributed by atoms with E-state index < -0.39 is 12.7 Å². The molecule has 1 aromatic carbocycles. The van der Waals surface area contributed by atoms with Crippen LogP contribution in [0.15, 0.2) is 34.2 Å². The first-order valence-electron chi connectivity index (χ1n) is 9.33. The summed E-state index contributed by atoms with van der Waals surface area (Å²) in [6.07, 6.45) is -3.47. The highest BCUT2D eigenvalue weighted by atomic mass is 127. The first kappa shape index (κ1) is 26.2. The quantitative estimate of drug-likeness (QED) is 0.225. The summed E-state index contributed by atoms with van der Waals surface area (Å²) >= 11 is 1.74. The predicted octanol–water partition coefficient (Wildman–Crippen LogP) is 3.84. The van der Waals surface area contributed by atoms with Crippen molar-refractivity contribution in [1.82, 2.24) is 15.5 Å². The highest BCUT2D eigenvalue weighted by Gasteiger charge is 2.34. The van der Waals surface area contributed by atoms with E-state index in [1.807, 2.05) is 24.3 Å². The smallest absolute Gasteiger partial charge is 0.401 e. The number of hydrogen-bond acceptors (Lipinski definition) is 4. The largest absolute Gasteiger partial charge is 0.496 e. The van der Waals surface area contributed by atoms with E-state index >= 15 is 0 Å². The number of likely N-dealkylation sites (tertiary alicyclic amines) is 1. The Morgan fingerprint density at radius 1 is 1.38 bits per heavy atom. The molecule has 5 nitrogen and oxygen atoms in total. The van der Waals surface area contributed by atoms with Crippen LogP contribution in [0.3, 0.4) is 0 Å². The van der Waals surface area contributed by atoms with Gasteiger partial charge < -0.3 is 15.4 Å². The number of methoxy groups -OCH3 is 1. The lowest BCUT2D eigenvalue weighted by atomic mass is 10.2. The number of alkyl halides is 3. The third-order valence-corrected chi connectivity index (χ3v) is 5.83. The van der Waals surface area contributed by atoms with Crippen molar-refractivity contribution in [2.75, 3.05) is 46.1 Å². The molecule has 166 valence electrons. The molecule has 1 aliphatic rings. The Morgan fingerprint density at radius 3 is 2.76 bits per heavy atom. The third-order valence-electron chi connectivity index (χ3n) is 4.45. The number of hydrogen-bond donors (Lipinski definition) is 2. The highest BCUT2D eigenvalue weighted by Crippen LogP contribution is 2.29. The number of ether oxygens (including phenoxy) is 1. The van der Waals surface area contributed by atoms with Crippen LogP contribution in [-0.2, 0) is 0 Å². The maximum Gasteiger partial charge on any atom is 0.401 e. The molecule has 29 heavy (non-hydrogen) atoms. The second-order valence-electron chi connectivity index (χ2n) is 7.00. The molecule has 0 aliphatic carbocycles. The van der Waals surface area contributed by atoms with Gasteiger partial charge in [0.1, 0.15) is 5.75 Å². The van der Waals surface area contributed by atoms with Crippen molar-refractivity contribution in [3.8, 4) is 5.75 Å². The fraction of sp³-hybridized carbons (Fsp3) is 0.632. The third kappa shape index (κ3) is 9.65. The molecule has 1 aromatic rings. The van der Waals surface area contributed by atoms with Crippen molar-refractivity contribution in [3.05, 3.63) is 24.3 Å². The Labute approximate surface area is 192 Å². The van der Waals surface area contributed by atoms with E-state index in [-0.39, 0.29) is 30.0 Å². The molecule has 0 radical (unpaired) electrons. The van der Waals surface area contributed by atoms with Gasteiger partial charge in [-0.1, -0.05) is 19.1 Å². The topological polar surface area (TPSA) is 48.9 Å². The number of nitrogens with zero attached hydrogens (tertiary/aromatic N) is 2. The summed E-state index contributed by atoms with van der Waals surface area (Å²) in [6.45, 7) is 2.83. The Bertz CT molecular complexity index is 648. The zero-order valence-corrected chi connectivity index (χ0v) is 20.1. The molecule has 1 aliphatic heterocycles. The number of halogens is 4. The standard InChI is InChI=1S/C19H29F3N4OS.HI/c1-14(12-28-17-7-5-4-6-16(17)27-3)10-24-18(23-2)25-15-8-9-26(11-15)13-19(20,21)22;/h4-7,14-15H,8-13H2,1-3H3,(H2,23,24,25);1H. The lowest BCUT2D eigenvalue weighted by Crippen LogP contribution is -2.46. The van der Waals surface area contributed by atoms with Gasteiger partial charge in [0.15, 0.2) is 5.96 Å². The predicted molar refractivity (Wildman–Crippen MR) is 124 cm³/mol. The highest BCUT2D eigenvalue weighted by molar-refractivity contribution is 14.0. The lowest BCUT2D eigenvalue weighted by molar-refractivity contribution is -0.143. The molecule has 1 saturated heterocycles. The van der Waals surface area contributed by atoms with Gasteiger partial charge in [0.25, 0.3) is 0 Å². The molecule has 0 spiro atoms. The molecular formula is C19H30F3IN4OS. The fourth-order valence-corrected chi connectivity index (χ4v) is 4.09. The Balaban J connectivity index is 0.00000420. The minimum absolute atomic E-state index is 0. The summed E-state index contributed by atoms with van der Waals surface area (Å²) in [4.78, 5) is 6.73. The van der Waals surface area contributed by atoms with Gasteiger partial charge in [-0.15, -0.1) is 35.7 Å². The van der Waals surface area contributed by atoms with Gasteiger partial charge in [0, 0.05) is 43.4 Å². The van der Waals surface area contributed by atoms with E-state index in [9.17, 15) is 13.2 Å². The SMILES string of the molecule is CN=C(NCC(C)CSc1ccccc1OC)NC1CCN(CC(F)(F)F)C1.I. The van der Waals surface area contributed by atoms with Crippen molar-refractivity contribution < 1.29 is 17.9 Å². The van der Waals surface area contributed by atoms with Crippen molar-refractivity contribution in [1.29, 1.82) is 0 Å². The fourth-order valence-electron chi connectivity index (χ4n) is 3.04. The molecule has 0 bridgehead atoms. The number of rotatable bonds is 8. The van der Waals surface area contributed by atoms with Gasteiger partial charge in [0.2, 0.25) is 0 Å². The van der Waals surface area contributed by atoms with Crippen molar-refractivity contribution in [2.24, 2.45) is 10.9 Å². The summed E-state index contributed by atoms with van der Waals surface area (Å²) < 4.78 is 42.9. The molecular weight excluding hydrogens is 516 g/mol. The molecule has 2 atom stereocenters. The number of para-hydroxylation sites is 1. The van der Waals surface area contributed by atoms with Gasteiger partial charge in [-0.2, -0.15) is 13.2 Å². The average molecular weight is 546 g/mol. The molecule has 10 heteroatoms. The van der Waals surface area contributed by atoms with Gasteiger partial charge >= 0.3 is 6.18 Å². The maximum absolute atomic E-state index is 12.5. The Morgan fingerprint density at radius 2 is 2.10 bits per heavy atom. The van der Waals surface area contributed by atoms with E-state index in [1.165, 1.54) is 4.90 Å². The van der Waals surface area contributed by atoms with Gasteiger partial charge in [-0.3, -0.25) is 9.89 Å². The lowest BCUT2D eigenvalue weighted by Gasteiger charge is -2.21. The van der Waals surface area contributed by atoms with Crippen molar-refractivity contribution in [3.63, 3.8) is 0 Å². The molecule has 2 rings (SSSR count). The van der Waals surface area contributed by atoms with Crippen molar-refractivity contribution in [2.45, 2.75) is 30.5 Å². The first-order chi connectivity index (χ1) is 13.3.